The van der Waals surface area contributed by atoms with Gasteiger partial charge in [0.2, 0.25) is 5.91 Å². The Morgan fingerprint density at radius 2 is 2.00 bits per heavy atom. The Kier molecular flexibility index (Phi) is 3.62. The first-order valence-corrected chi connectivity index (χ1v) is 6.82. The fraction of sp³-hybridized carbons (Fsp3) is 0.267. The molecule has 0 spiro atoms. The molecule has 1 atom stereocenters. The number of carbonyl (C=O) groups is 1. The molecule has 106 valence electrons. The van der Waals surface area contributed by atoms with Crippen molar-refractivity contribution in [3.63, 3.8) is 0 Å². The lowest BCUT2D eigenvalue weighted by Gasteiger charge is -2.17. The van der Waals surface area contributed by atoms with Crippen molar-refractivity contribution >= 4 is 11.6 Å². The molecule has 1 unspecified atom stereocenters. The Morgan fingerprint density at radius 1 is 1.24 bits per heavy atom. The highest BCUT2D eigenvalue weighted by Gasteiger charge is 2.30. The summed E-state index contributed by atoms with van der Waals surface area (Å²) >= 11 is 0. The van der Waals surface area contributed by atoms with Crippen LogP contribution in [0.25, 0.3) is 16.1 Å². The highest BCUT2D eigenvalue weighted by atomic mass is 16.2. The summed E-state index contributed by atoms with van der Waals surface area (Å²) in [6.07, 6.45) is 4.37. The number of nitrogens with zero attached hydrogens (tertiary/aromatic N) is 5. The lowest BCUT2D eigenvalue weighted by atomic mass is 10.1. The average Bonchev–Trinajstić information content (AvgIpc) is 3.15. The Balaban J connectivity index is 1.82. The van der Waals surface area contributed by atoms with Crippen LogP contribution < -0.4 is 4.90 Å². The third kappa shape index (κ3) is 2.75. The number of azide groups is 1. The summed E-state index contributed by atoms with van der Waals surface area (Å²) in [6, 6.07) is 11.8. The molecular weight excluding hydrogens is 266 g/mol. The van der Waals surface area contributed by atoms with Crippen LogP contribution >= 0.6 is 0 Å². The van der Waals surface area contributed by atoms with E-state index in [1.165, 1.54) is 0 Å². The van der Waals surface area contributed by atoms with Gasteiger partial charge in [0, 0.05) is 48.2 Å². The molecule has 0 bridgehead atoms. The lowest BCUT2D eigenvalue weighted by molar-refractivity contribution is -0.117. The van der Waals surface area contributed by atoms with Crippen molar-refractivity contribution in [3.8, 4) is 5.69 Å². The van der Waals surface area contributed by atoms with Crippen LogP contribution in [-0.4, -0.2) is 23.6 Å². The molecule has 2 heterocycles. The molecule has 1 amide bonds. The number of anilines is 1. The second kappa shape index (κ2) is 5.73. The van der Waals surface area contributed by atoms with E-state index < -0.39 is 0 Å². The van der Waals surface area contributed by atoms with Gasteiger partial charge in [0.1, 0.15) is 0 Å². The summed E-state index contributed by atoms with van der Waals surface area (Å²) < 4.78 is 2.00. The quantitative estimate of drug-likeness (QED) is 0.482. The van der Waals surface area contributed by atoms with E-state index in [-0.39, 0.29) is 11.8 Å². The van der Waals surface area contributed by atoms with Crippen LogP contribution in [0.15, 0.2) is 53.9 Å². The molecule has 2 aromatic rings. The SMILES string of the molecule is [N-]=[N+]=NCC1CC(=O)N(c2cccc(-n3cccc3)c2)C1. The minimum absolute atomic E-state index is 0.0813. The van der Waals surface area contributed by atoms with E-state index in [1.54, 1.807) is 4.90 Å². The van der Waals surface area contributed by atoms with Crippen LogP contribution in [0.4, 0.5) is 5.69 Å². The van der Waals surface area contributed by atoms with Gasteiger partial charge in [0.05, 0.1) is 0 Å². The molecule has 0 aliphatic carbocycles. The van der Waals surface area contributed by atoms with Crippen molar-refractivity contribution in [3.05, 3.63) is 59.2 Å². The standard InChI is InChI=1S/C15H15N5O/c16-18-17-10-12-8-15(21)20(11-12)14-5-3-4-13(9-14)19-6-1-2-7-19/h1-7,9,12H,8,10-11H2. The van der Waals surface area contributed by atoms with Crippen LogP contribution in [0, 0.1) is 5.92 Å². The first kappa shape index (κ1) is 13.3. The molecule has 1 aromatic carbocycles. The lowest BCUT2D eigenvalue weighted by Crippen LogP contribution is -2.24. The van der Waals surface area contributed by atoms with Gasteiger partial charge in [0.25, 0.3) is 0 Å². The highest BCUT2D eigenvalue weighted by Crippen LogP contribution is 2.27. The zero-order valence-corrected chi connectivity index (χ0v) is 11.5. The van der Waals surface area contributed by atoms with Crippen LogP contribution in [0.3, 0.4) is 0 Å². The number of hydrogen-bond acceptors (Lipinski definition) is 2. The molecule has 6 nitrogen and oxygen atoms in total. The van der Waals surface area contributed by atoms with Crippen molar-refractivity contribution in [2.24, 2.45) is 11.0 Å². The molecule has 21 heavy (non-hydrogen) atoms. The van der Waals surface area contributed by atoms with Gasteiger partial charge in [-0.2, -0.15) is 0 Å². The molecule has 0 radical (unpaired) electrons. The summed E-state index contributed by atoms with van der Waals surface area (Å²) in [6.45, 7) is 0.975. The van der Waals surface area contributed by atoms with Gasteiger partial charge in [0.15, 0.2) is 0 Å². The van der Waals surface area contributed by atoms with Crippen LogP contribution in [0.1, 0.15) is 6.42 Å². The molecule has 0 N–H and O–H groups in total. The molecule has 3 rings (SSSR count). The average molecular weight is 281 g/mol. The van der Waals surface area contributed by atoms with Gasteiger partial charge in [-0.15, -0.1) is 0 Å². The third-order valence-corrected chi connectivity index (χ3v) is 3.65. The largest absolute Gasteiger partial charge is 0.324 e. The predicted molar refractivity (Wildman–Crippen MR) is 80.2 cm³/mol. The normalized spacial score (nSPS) is 17.8. The number of amides is 1. The van der Waals surface area contributed by atoms with Crippen LogP contribution in [-0.2, 0) is 4.79 Å². The Morgan fingerprint density at radius 3 is 2.76 bits per heavy atom. The molecule has 1 fully saturated rings. The van der Waals surface area contributed by atoms with Crippen molar-refractivity contribution < 1.29 is 4.79 Å². The van der Waals surface area contributed by atoms with Gasteiger partial charge >= 0.3 is 0 Å². The fourth-order valence-corrected chi connectivity index (χ4v) is 2.63. The van der Waals surface area contributed by atoms with E-state index in [2.05, 4.69) is 10.0 Å². The molecule has 1 aromatic heterocycles. The van der Waals surface area contributed by atoms with E-state index in [0.717, 1.165) is 11.4 Å². The number of aromatic nitrogens is 1. The van der Waals surface area contributed by atoms with Crippen LogP contribution in [0.2, 0.25) is 0 Å². The van der Waals surface area contributed by atoms with E-state index >= 15 is 0 Å². The minimum Gasteiger partial charge on any atom is -0.324 e. The van der Waals surface area contributed by atoms with Crippen molar-refractivity contribution in [2.75, 3.05) is 18.0 Å². The van der Waals surface area contributed by atoms with Gasteiger partial charge in [-0.3, -0.25) is 4.79 Å². The predicted octanol–water partition coefficient (Wildman–Crippen LogP) is 3.14. The van der Waals surface area contributed by atoms with Gasteiger partial charge in [-0.05, 0) is 41.8 Å². The maximum atomic E-state index is 12.1. The summed E-state index contributed by atoms with van der Waals surface area (Å²) in [4.78, 5) is 16.7. The molecular formula is C15H15N5O. The first-order chi connectivity index (χ1) is 10.3. The molecule has 1 aliphatic rings. The Hall–Kier alpha value is -2.72. The van der Waals surface area contributed by atoms with E-state index in [1.807, 2.05) is 53.4 Å². The zero-order chi connectivity index (χ0) is 14.7. The second-order valence-electron chi connectivity index (χ2n) is 5.10. The Bertz CT molecular complexity index is 688. The molecule has 1 aliphatic heterocycles. The van der Waals surface area contributed by atoms with Gasteiger partial charge in [-0.25, -0.2) is 0 Å². The van der Waals surface area contributed by atoms with Crippen molar-refractivity contribution in [1.29, 1.82) is 0 Å². The minimum atomic E-state index is 0.0813. The van der Waals surface area contributed by atoms with Gasteiger partial charge in [-0.1, -0.05) is 11.2 Å². The maximum absolute atomic E-state index is 12.1. The smallest absolute Gasteiger partial charge is 0.227 e. The third-order valence-electron chi connectivity index (χ3n) is 3.65. The topological polar surface area (TPSA) is 74.0 Å². The maximum Gasteiger partial charge on any atom is 0.227 e. The summed E-state index contributed by atoms with van der Waals surface area (Å²) in [5, 5.41) is 3.57. The highest BCUT2D eigenvalue weighted by molar-refractivity contribution is 5.96. The number of rotatable bonds is 4. The van der Waals surface area contributed by atoms with E-state index in [4.69, 9.17) is 5.53 Å². The fourth-order valence-electron chi connectivity index (χ4n) is 2.63. The van der Waals surface area contributed by atoms with E-state index in [9.17, 15) is 4.79 Å². The Labute approximate surface area is 122 Å². The van der Waals surface area contributed by atoms with Crippen molar-refractivity contribution in [2.45, 2.75) is 6.42 Å². The zero-order valence-electron chi connectivity index (χ0n) is 11.5. The van der Waals surface area contributed by atoms with Gasteiger partial charge < -0.3 is 9.47 Å². The summed E-state index contributed by atoms with van der Waals surface area (Å²) in [7, 11) is 0. The number of carbonyl (C=O) groups excluding carboxylic acids is 1. The monoisotopic (exact) mass is 281 g/mol. The number of benzene rings is 1. The molecule has 0 saturated carbocycles. The molecule has 1 saturated heterocycles. The molecule has 6 heteroatoms. The van der Waals surface area contributed by atoms with E-state index in [0.29, 0.717) is 19.5 Å². The summed E-state index contributed by atoms with van der Waals surface area (Å²) in [5.74, 6) is 0.182. The van der Waals surface area contributed by atoms with Crippen molar-refractivity contribution in [1.82, 2.24) is 4.57 Å². The van der Waals surface area contributed by atoms with Crippen LogP contribution in [0.5, 0.6) is 0 Å². The number of hydrogen-bond donors (Lipinski definition) is 0. The summed E-state index contributed by atoms with van der Waals surface area (Å²) in [5.41, 5.74) is 10.3. The second-order valence-corrected chi connectivity index (χ2v) is 5.10. The first-order valence-electron chi connectivity index (χ1n) is 6.82.